The van der Waals surface area contributed by atoms with Crippen molar-refractivity contribution in [2.24, 2.45) is 0 Å². The molecule has 0 bridgehead atoms. The molecule has 0 saturated heterocycles. The van der Waals surface area contributed by atoms with Crippen LogP contribution in [0.15, 0.2) is 91.0 Å². The predicted octanol–water partition coefficient (Wildman–Crippen LogP) is 3.74. The first-order valence-corrected chi connectivity index (χ1v) is 8.56. The number of hydrogen-bond donors (Lipinski definition) is 0. The van der Waals surface area contributed by atoms with E-state index < -0.39 is 7.92 Å². The largest absolute Gasteiger partial charge is 0.358 e. The quantitative estimate of drug-likeness (QED) is 0.255. The van der Waals surface area contributed by atoms with Crippen LogP contribution in [-0.2, 0) is 35.7 Å². The zero-order valence-electron chi connectivity index (χ0n) is 15.6. The number of benzene rings is 3. The Morgan fingerprint density at radius 1 is 0.414 bits per heavy atom. The molecular weight excluding hydrogens is 426 g/mol. The fraction of sp³-hybridized carbons (Fsp3) is 0. The van der Waals surface area contributed by atoms with Crippen LogP contribution < -0.4 is 15.9 Å². The summed E-state index contributed by atoms with van der Waals surface area (Å²) in [6, 6.07) is 32.3. The Hall–Kier alpha value is -2.43. The third-order valence-corrected chi connectivity index (χ3v) is 5.49. The molecule has 0 aliphatic rings. The molecule has 0 heterocycles. The predicted molar refractivity (Wildman–Crippen MR) is 107 cm³/mol. The van der Waals surface area contributed by atoms with Gasteiger partial charge < -0.3 is 7.43 Å². The molecule has 0 saturated carbocycles. The Balaban J connectivity index is -0.000000281. The summed E-state index contributed by atoms with van der Waals surface area (Å²) in [6.07, 6.45) is 0. The number of hydrogen-bond acceptors (Lipinski definition) is 0. The second kappa shape index (κ2) is 25.6. The second-order valence-electron chi connectivity index (χ2n) is 4.34. The molecule has 0 aromatic heterocycles. The SMILES string of the molecule is [C-]#[O+].[C-]#[O+].[C-]#[O+].[C-]#[O+].[CH3-].[Mn].c1ccc(P(c2ccccc2)c2ccccc2)cc1. The van der Waals surface area contributed by atoms with Crippen LogP contribution in [0.2, 0.25) is 0 Å². The van der Waals surface area contributed by atoms with Gasteiger partial charge in [0.2, 0.25) is 0 Å². The zero-order valence-corrected chi connectivity index (χ0v) is 17.7. The Bertz CT molecular complexity index is 683. The van der Waals surface area contributed by atoms with E-state index in [1.165, 1.54) is 15.9 Å². The van der Waals surface area contributed by atoms with E-state index in [2.05, 4.69) is 118 Å². The van der Waals surface area contributed by atoms with Gasteiger partial charge in [0.25, 0.3) is 0 Å². The van der Waals surface area contributed by atoms with Crippen molar-refractivity contribution in [3.05, 3.63) is 125 Å². The zero-order chi connectivity index (χ0) is 20.9. The maximum atomic E-state index is 7.50. The van der Waals surface area contributed by atoms with E-state index in [-0.39, 0.29) is 24.5 Å². The molecule has 0 spiro atoms. The van der Waals surface area contributed by atoms with Gasteiger partial charge in [-0.15, -0.1) is 0 Å². The minimum atomic E-state index is -0.446. The molecule has 0 aliphatic carbocycles. The van der Waals surface area contributed by atoms with Crippen molar-refractivity contribution in [1.82, 2.24) is 0 Å². The van der Waals surface area contributed by atoms with Crippen molar-refractivity contribution in [3.8, 4) is 0 Å². The summed E-state index contributed by atoms with van der Waals surface area (Å²) >= 11 is 0. The minimum Gasteiger partial charge on any atom is -0.358 e. The van der Waals surface area contributed by atoms with E-state index in [0.29, 0.717) is 0 Å². The van der Waals surface area contributed by atoms with Crippen LogP contribution >= 0.6 is 7.92 Å². The molecule has 3 aromatic rings. The van der Waals surface area contributed by atoms with Crippen LogP contribution in [0.25, 0.3) is 0 Å². The van der Waals surface area contributed by atoms with Crippen LogP contribution in [-0.4, -0.2) is 0 Å². The van der Waals surface area contributed by atoms with Gasteiger partial charge in [-0.25, -0.2) is 0 Å². The molecule has 0 N–H and O–H groups in total. The Kier molecular flexibility index (Phi) is 30.1. The molecule has 6 heteroatoms. The van der Waals surface area contributed by atoms with Gasteiger partial charge in [-0.3, -0.25) is 0 Å². The first-order chi connectivity index (χ1) is 13.4. The molecule has 4 nitrogen and oxygen atoms in total. The summed E-state index contributed by atoms with van der Waals surface area (Å²) in [4.78, 5) is 0. The Morgan fingerprint density at radius 2 is 0.586 bits per heavy atom. The van der Waals surface area contributed by atoms with Gasteiger partial charge in [-0.05, 0) is 23.8 Å². The molecular formula is C23H18MnO4P-. The summed E-state index contributed by atoms with van der Waals surface area (Å²) in [5.74, 6) is 0. The summed E-state index contributed by atoms with van der Waals surface area (Å²) in [5, 5.41) is 4.19. The van der Waals surface area contributed by atoms with Crippen LogP contribution in [0.4, 0.5) is 0 Å². The fourth-order valence-electron chi connectivity index (χ4n) is 2.18. The monoisotopic (exact) mass is 444 g/mol. The van der Waals surface area contributed by atoms with E-state index in [9.17, 15) is 0 Å². The van der Waals surface area contributed by atoms with Crippen LogP contribution in [0.5, 0.6) is 0 Å². The van der Waals surface area contributed by atoms with E-state index in [1.54, 1.807) is 0 Å². The van der Waals surface area contributed by atoms with Crippen molar-refractivity contribution in [2.45, 2.75) is 0 Å². The maximum Gasteiger partial charge on any atom is 0 e. The fourth-order valence-corrected chi connectivity index (χ4v) is 4.48. The molecule has 0 unspecified atom stereocenters. The first kappa shape index (κ1) is 34.1. The van der Waals surface area contributed by atoms with Gasteiger partial charge in [0.15, 0.2) is 0 Å². The van der Waals surface area contributed by atoms with Crippen molar-refractivity contribution < 1.29 is 35.7 Å². The molecule has 3 aromatic carbocycles. The van der Waals surface area contributed by atoms with Gasteiger partial charge in [0.1, 0.15) is 0 Å². The first-order valence-electron chi connectivity index (χ1n) is 7.22. The summed E-state index contributed by atoms with van der Waals surface area (Å²) in [5.41, 5.74) is 0. The standard InChI is InChI=1S/C18H15P.4CO.CH3.Mn/c1-4-10-16(11-5-1)19(17-12-6-2-7-13-17)18-14-8-3-9-15-18;4*1-2;;/h1-15H;;;;;1H3;/q;;;;;-1;. The van der Waals surface area contributed by atoms with Gasteiger partial charge in [-0.2, -0.15) is 0 Å². The van der Waals surface area contributed by atoms with E-state index in [0.717, 1.165) is 0 Å². The average molecular weight is 444 g/mol. The van der Waals surface area contributed by atoms with Gasteiger partial charge >= 0.3 is 45.2 Å². The average Bonchev–Trinajstić information content (AvgIpc) is 2.82. The molecule has 1 radical (unpaired) electrons. The maximum absolute atomic E-state index is 7.50. The van der Waals surface area contributed by atoms with Gasteiger partial charge in [0.05, 0.1) is 0 Å². The topological polar surface area (TPSA) is 79.6 Å². The summed E-state index contributed by atoms with van der Waals surface area (Å²) < 4.78 is 30.0. The normalized spacial score (nSPS) is 7.21. The van der Waals surface area contributed by atoms with Crippen molar-refractivity contribution in [2.75, 3.05) is 0 Å². The minimum absolute atomic E-state index is 0. The Morgan fingerprint density at radius 3 is 0.759 bits per heavy atom. The van der Waals surface area contributed by atoms with E-state index in [1.807, 2.05) is 0 Å². The third-order valence-electron chi connectivity index (χ3n) is 3.04. The van der Waals surface area contributed by atoms with Crippen molar-refractivity contribution >= 4 is 23.8 Å². The molecule has 0 aliphatic heterocycles. The van der Waals surface area contributed by atoms with Crippen molar-refractivity contribution in [3.63, 3.8) is 0 Å². The van der Waals surface area contributed by atoms with E-state index in [4.69, 9.17) is 18.6 Å². The van der Waals surface area contributed by atoms with Crippen LogP contribution in [0, 0.1) is 34.0 Å². The van der Waals surface area contributed by atoms with Gasteiger partial charge in [-0.1, -0.05) is 91.0 Å². The van der Waals surface area contributed by atoms with Crippen LogP contribution in [0.3, 0.4) is 0 Å². The Labute approximate surface area is 184 Å². The molecule has 0 amide bonds. The van der Waals surface area contributed by atoms with Gasteiger partial charge in [0, 0.05) is 17.1 Å². The summed E-state index contributed by atoms with van der Waals surface area (Å²) in [6.45, 7) is 18.0. The van der Waals surface area contributed by atoms with Crippen LogP contribution in [0.1, 0.15) is 0 Å². The smallest absolute Gasteiger partial charge is 0 e. The van der Waals surface area contributed by atoms with E-state index >= 15 is 0 Å². The molecule has 3 rings (SSSR count). The summed E-state index contributed by atoms with van der Waals surface area (Å²) in [7, 11) is -0.446. The number of rotatable bonds is 3. The molecule has 0 atom stereocenters. The van der Waals surface area contributed by atoms with Crippen molar-refractivity contribution in [1.29, 1.82) is 0 Å². The second-order valence-corrected chi connectivity index (χ2v) is 6.56. The molecule has 0 fully saturated rings. The molecule has 147 valence electrons. The molecule has 29 heavy (non-hydrogen) atoms. The third kappa shape index (κ3) is 12.6.